The molecule has 1 amide bonds. The van der Waals surface area contributed by atoms with Crippen LogP contribution in [0, 0.1) is 0 Å². The highest BCUT2D eigenvalue weighted by molar-refractivity contribution is 7.89. The maximum atomic E-state index is 12.2. The number of ether oxygens (including phenoxy) is 1. The Balaban J connectivity index is 1.97. The number of benzene rings is 2. The molecule has 154 valence electrons. The molecule has 0 aromatic heterocycles. The third-order valence-electron chi connectivity index (χ3n) is 3.95. The zero-order chi connectivity index (χ0) is 21.4. The third-order valence-corrected chi connectivity index (χ3v) is 5.36. The van der Waals surface area contributed by atoms with Crippen LogP contribution in [-0.4, -0.2) is 39.7 Å². The second-order valence-corrected chi connectivity index (χ2v) is 8.00. The van der Waals surface area contributed by atoms with E-state index in [0.29, 0.717) is 17.7 Å². The van der Waals surface area contributed by atoms with Gasteiger partial charge in [-0.15, -0.1) is 0 Å². The summed E-state index contributed by atoms with van der Waals surface area (Å²) in [7, 11) is -2.44. The number of hydrogen-bond donors (Lipinski definition) is 2. The quantitative estimate of drug-likeness (QED) is 0.477. The summed E-state index contributed by atoms with van der Waals surface area (Å²) in [6.07, 6.45) is 1.14. The number of ketones is 1. The summed E-state index contributed by atoms with van der Waals surface area (Å²) in [5, 5.41) is 2.71. The SMILES string of the molecule is CCCC(=O)Nc1ccc(C(=O)COC(=O)c2cccc(S(=O)(=O)NC)c2)cc1. The fraction of sp³-hybridized carbons (Fsp3) is 0.250. The lowest BCUT2D eigenvalue weighted by atomic mass is 10.1. The second-order valence-electron chi connectivity index (χ2n) is 6.11. The number of anilines is 1. The molecule has 0 radical (unpaired) electrons. The first-order chi connectivity index (χ1) is 13.8. The van der Waals surface area contributed by atoms with Crippen LogP contribution in [-0.2, 0) is 19.6 Å². The van der Waals surface area contributed by atoms with E-state index in [1.165, 1.54) is 43.4 Å². The molecule has 0 saturated heterocycles. The van der Waals surface area contributed by atoms with Crippen molar-refractivity contribution in [2.24, 2.45) is 0 Å². The lowest BCUT2D eigenvalue weighted by Crippen LogP contribution is -2.19. The monoisotopic (exact) mass is 418 g/mol. The van der Waals surface area contributed by atoms with Crippen LogP contribution in [0.5, 0.6) is 0 Å². The lowest BCUT2D eigenvalue weighted by molar-refractivity contribution is -0.116. The Bertz CT molecular complexity index is 1000. The van der Waals surface area contributed by atoms with E-state index >= 15 is 0 Å². The van der Waals surface area contributed by atoms with Crippen molar-refractivity contribution >= 4 is 33.4 Å². The predicted octanol–water partition coefficient (Wildman–Crippen LogP) is 2.37. The summed E-state index contributed by atoms with van der Waals surface area (Å²) in [6, 6.07) is 11.6. The van der Waals surface area contributed by atoms with E-state index in [9.17, 15) is 22.8 Å². The van der Waals surface area contributed by atoms with Gasteiger partial charge in [0.2, 0.25) is 15.9 Å². The number of carbonyl (C=O) groups excluding carboxylic acids is 3. The minimum absolute atomic E-state index is 0.0168. The summed E-state index contributed by atoms with van der Waals surface area (Å²) in [5.41, 5.74) is 0.903. The highest BCUT2D eigenvalue weighted by Gasteiger charge is 2.16. The Morgan fingerprint density at radius 1 is 1.00 bits per heavy atom. The molecule has 0 spiro atoms. The number of esters is 1. The Morgan fingerprint density at radius 3 is 2.31 bits per heavy atom. The number of hydrogen-bond acceptors (Lipinski definition) is 6. The van der Waals surface area contributed by atoms with Crippen LogP contribution in [0.15, 0.2) is 53.4 Å². The van der Waals surface area contributed by atoms with Crippen LogP contribution in [0.25, 0.3) is 0 Å². The molecule has 2 rings (SSSR count). The van der Waals surface area contributed by atoms with Gasteiger partial charge in [0.05, 0.1) is 10.5 Å². The van der Waals surface area contributed by atoms with Crippen LogP contribution in [0.2, 0.25) is 0 Å². The van der Waals surface area contributed by atoms with Crippen molar-refractivity contribution in [1.82, 2.24) is 4.72 Å². The normalized spacial score (nSPS) is 11.0. The molecule has 0 unspecified atom stereocenters. The van der Waals surface area contributed by atoms with E-state index < -0.39 is 28.4 Å². The first kappa shape index (κ1) is 22.3. The summed E-state index contributed by atoms with van der Waals surface area (Å²) in [6.45, 7) is 1.40. The van der Waals surface area contributed by atoms with Gasteiger partial charge in [-0.25, -0.2) is 17.9 Å². The minimum Gasteiger partial charge on any atom is -0.454 e. The molecule has 2 N–H and O–H groups in total. The molecule has 0 fully saturated rings. The first-order valence-corrected chi connectivity index (χ1v) is 10.4. The summed E-state index contributed by atoms with van der Waals surface area (Å²) >= 11 is 0. The molecular weight excluding hydrogens is 396 g/mol. The zero-order valence-electron chi connectivity index (χ0n) is 16.1. The maximum absolute atomic E-state index is 12.2. The van der Waals surface area contributed by atoms with E-state index in [1.807, 2.05) is 6.92 Å². The third kappa shape index (κ3) is 6.23. The van der Waals surface area contributed by atoms with Crippen LogP contribution >= 0.6 is 0 Å². The number of amides is 1. The molecule has 29 heavy (non-hydrogen) atoms. The van der Waals surface area contributed by atoms with Crippen molar-refractivity contribution < 1.29 is 27.5 Å². The second kappa shape index (κ2) is 9.94. The zero-order valence-corrected chi connectivity index (χ0v) is 16.9. The Kier molecular flexibility index (Phi) is 7.63. The standard InChI is InChI=1S/C20H22N2O6S/c1-3-5-19(24)22-16-10-8-14(9-11-16)18(23)13-28-20(25)15-6-4-7-17(12-15)29(26,27)21-2/h4,6-12,21H,3,5,13H2,1-2H3,(H,22,24). The molecule has 0 aliphatic carbocycles. The highest BCUT2D eigenvalue weighted by atomic mass is 32.2. The fourth-order valence-electron chi connectivity index (χ4n) is 2.40. The van der Waals surface area contributed by atoms with E-state index in [0.717, 1.165) is 6.42 Å². The fourth-order valence-corrected chi connectivity index (χ4v) is 3.17. The van der Waals surface area contributed by atoms with E-state index in [4.69, 9.17) is 4.74 Å². The molecule has 0 aliphatic rings. The molecule has 9 heteroatoms. The highest BCUT2D eigenvalue weighted by Crippen LogP contribution is 2.14. The molecule has 0 atom stereocenters. The van der Waals surface area contributed by atoms with Gasteiger partial charge in [-0.3, -0.25) is 9.59 Å². The summed E-state index contributed by atoms with van der Waals surface area (Å²) in [4.78, 5) is 35.9. The maximum Gasteiger partial charge on any atom is 0.338 e. The molecular formula is C20H22N2O6S. The topological polar surface area (TPSA) is 119 Å². The average molecular weight is 418 g/mol. The van der Waals surface area contributed by atoms with Crippen molar-refractivity contribution in [1.29, 1.82) is 0 Å². The van der Waals surface area contributed by atoms with Crippen LogP contribution in [0.4, 0.5) is 5.69 Å². The van der Waals surface area contributed by atoms with Gasteiger partial charge in [0.1, 0.15) is 0 Å². The lowest BCUT2D eigenvalue weighted by Gasteiger charge is -2.08. The number of Topliss-reactive ketones (excluding diaryl/α,β-unsaturated/α-hetero) is 1. The minimum atomic E-state index is -3.70. The number of nitrogens with one attached hydrogen (secondary N) is 2. The Hall–Kier alpha value is -3.04. The molecule has 0 aliphatic heterocycles. The summed E-state index contributed by atoms with van der Waals surface area (Å²) in [5.74, 6) is -1.35. The van der Waals surface area contributed by atoms with E-state index in [2.05, 4.69) is 10.0 Å². The van der Waals surface area contributed by atoms with Gasteiger partial charge in [0.15, 0.2) is 12.4 Å². The Morgan fingerprint density at radius 2 is 1.69 bits per heavy atom. The van der Waals surface area contributed by atoms with E-state index in [1.54, 1.807) is 12.1 Å². The van der Waals surface area contributed by atoms with Gasteiger partial charge in [-0.05, 0) is 55.9 Å². The van der Waals surface area contributed by atoms with Crippen LogP contribution in [0.3, 0.4) is 0 Å². The van der Waals surface area contributed by atoms with Gasteiger partial charge >= 0.3 is 5.97 Å². The molecule has 2 aromatic rings. The molecule has 2 aromatic carbocycles. The van der Waals surface area contributed by atoms with Crippen molar-refractivity contribution in [3.05, 3.63) is 59.7 Å². The van der Waals surface area contributed by atoms with Crippen LogP contribution < -0.4 is 10.0 Å². The van der Waals surface area contributed by atoms with Crippen molar-refractivity contribution in [2.45, 2.75) is 24.7 Å². The smallest absolute Gasteiger partial charge is 0.338 e. The number of carbonyl (C=O) groups is 3. The number of rotatable bonds is 9. The molecule has 0 saturated carbocycles. The van der Waals surface area contributed by atoms with Crippen molar-refractivity contribution in [2.75, 3.05) is 19.0 Å². The summed E-state index contributed by atoms with van der Waals surface area (Å²) < 4.78 is 30.8. The van der Waals surface area contributed by atoms with Gasteiger partial charge in [0.25, 0.3) is 0 Å². The predicted molar refractivity (Wildman–Crippen MR) is 107 cm³/mol. The Labute approximate surface area is 169 Å². The van der Waals surface area contributed by atoms with Crippen LogP contribution in [0.1, 0.15) is 40.5 Å². The van der Waals surface area contributed by atoms with Gasteiger partial charge in [0, 0.05) is 17.7 Å². The van der Waals surface area contributed by atoms with Crippen molar-refractivity contribution in [3.8, 4) is 0 Å². The van der Waals surface area contributed by atoms with E-state index in [-0.39, 0.29) is 16.4 Å². The average Bonchev–Trinajstić information content (AvgIpc) is 2.72. The first-order valence-electron chi connectivity index (χ1n) is 8.90. The molecule has 0 bridgehead atoms. The largest absolute Gasteiger partial charge is 0.454 e. The molecule has 0 heterocycles. The van der Waals surface area contributed by atoms with Gasteiger partial charge in [-0.2, -0.15) is 0 Å². The van der Waals surface area contributed by atoms with Gasteiger partial charge in [-0.1, -0.05) is 13.0 Å². The van der Waals surface area contributed by atoms with Crippen molar-refractivity contribution in [3.63, 3.8) is 0 Å². The molecule has 8 nitrogen and oxygen atoms in total. The number of sulfonamides is 1. The van der Waals surface area contributed by atoms with Gasteiger partial charge < -0.3 is 10.1 Å².